The lowest BCUT2D eigenvalue weighted by molar-refractivity contribution is -0.113. The summed E-state index contributed by atoms with van der Waals surface area (Å²) in [6.07, 6.45) is 0. The predicted molar refractivity (Wildman–Crippen MR) is 112 cm³/mol. The molecule has 0 fully saturated rings. The molecule has 2 aromatic carbocycles. The van der Waals surface area contributed by atoms with Crippen LogP contribution in [-0.4, -0.2) is 28.7 Å². The number of aromatic nitrogens is 2. The number of aryl methyl sites for hydroxylation is 1. The van der Waals surface area contributed by atoms with E-state index in [0.29, 0.717) is 17.4 Å². The van der Waals surface area contributed by atoms with Crippen LogP contribution < -0.4 is 20.1 Å². The van der Waals surface area contributed by atoms with E-state index in [2.05, 4.69) is 20.8 Å². The molecule has 3 aromatic rings. The molecule has 0 saturated heterocycles. The maximum Gasteiger partial charge on any atom is 0.234 e. The number of amides is 1. The minimum Gasteiger partial charge on any atom is -0.454 e. The van der Waals surface area contributed by atoms with Gasteiger partial charge in [-0.15, -0.1) is 10.2 Å². The van der Waals surface area contributed by atoms with Gasteiger partial charge in [0, 0.05) is 12.2 Å². The third kappa shape index (κ3) is 5.17. The van der Waals surface area contributed by atoms with Gasteiger partial charge in [-0.1, -0.05) is 35.5 Å². The van der Waals surface area contributed by atoms with Crippen LogP contribution >= 0.6 is 11.8 Å². The van der Waals surface area contributed by atoms with Crippen LogP contribution in [0.1, 0.15) is 11.1 Å². The Morgan fingerprint density at radius 3 is 2.66 bits per heavy atom. The molecule has 7 nitrogen and oxygen atoms in total. The molecular formula is C21H20N4O3S. The number of benzene rings is 2. The van der Waals surface area contributed by atoms with Crippen molar-refractivity contribution in [3.63, 3.8) is 0 Å². The summed E-state index contributed by atoms with van der Waals surface area (Å²) in [6.45, 7) is 2.87. The summed E-state index contributed by atoms with van der Waals surface area (Å²) in [5.41, 5.74) is 3.00. The van der Waals surface area contributed by atoms with E-state index in [1.54, 1.807) is 0 Å². The Hall–Kier alpha value is -3.26. The van der Waals surface area contributed by atoms with Crippen LogP contribution in [-0.2, 0) is 11.3 Å². The number of ether oxygens (including phenoxy) is 2. The summed E-state index contributed by atoms with van der Waals surface area (Å²) in [5, 5.41) is 15.1. The summed E-state index contributed by atoms with van der Waals surface area (Å²) in [5.74, 6) is 2.38. The zero-order valence-electron chi connectivity index (χ0n) is 15.8. The summed E-state index contributed by atoms with van der Waals surface area (Å²) in [6, 6.07) is 17.2. The second kappa shape index (κ2) is 8.83. The van der Waals surface area contributed by atoms with E-state index in [0.717, 1.165) is 28.3 Å². The molecule has 0 aliphatic carbocycles. The predicted octanol–water partition coefficient (Wildman–Crippen LogP) is 3.86. The minimum atomic E-state index is -0.0781. The van der Waals surface area contributed by atoms with E-state index in [-0.39, 0.29) is 18.5 Å². The van der Waals surface area contributed by atoms with Crippen molar-refractivity contribution in [2.45, 2.75) is 18.5 Å². The molecular weight excluding hydrogens is 388 g/mol. The number of carbonyl (C=O) groups is 1. The van der Waals surface area contributed by atoms with Gasteiger partial charge < -0.3 is 20.1 Å². The number of carbonyl (C=O) groups excluding carboxylic acids is 1. The van der Waals surface area contributed by atoms with Crippen LogP contribution in [0.5, 0.6) is 11.5 Å². The largest absolute Gasteiger partial charge is 0.454 e. The second-order valence-electron chi connectivity index (χ2n) is 6.50. The number of nitrogens with one attached hydrogen (secondary N) is 2. The monoisotopic (exact) mass is 408 g/mol. The smallest absolute Gasteiger partial charge is 0.234 e. The molecule has 148 valence electrons. The summed E-state index contributed by atoms with van der Waals surface area (Å²) in [7, 11) is 0. The van der Waals surface area contributed by atoms with Crippen LogP contribution in [0.2, 0.25) is 0 Å². The fourth-order valence-electron chi connectivity index (χ4n) is 2.71. The highest BCUT2D eigenvalue weighted by Crippen LogP contribution is 2.32. The van der Waals surface area contributed by atoms with Gasteiger partial charge >= 0.3 is 0 Å². The van der Waals surface area contributed by atoms with Gasteiger partial charge in [0.1, 0.15) is 10.8 Å². The molecule has 8 heteroatoms. The van der Waals surface area contributed by atoms with Crippen LogP contribution in [0.15, 0.2) is 59.6 Å². The first-order valence-electron chi connectivity index (χ1n) is 9.11. The number of anilines is 2. The Balaban J connectivity index is 1.24. The van der Waals surface area contributed by atoms with Gasteiger partial charge in [0.25, 0.3) is 0 Å². The second-order valence-corrected chi connectivity index (χ2v) is 7.50. The van der Waals surface area contributed by atoms with E-state index in [1.165, 1.54) is 11.8 Å². The summed E-state index contributed by atoms with van der Waals surface area (Å²) in [4.78, 5) is 12.1. The van der Waals surface area contributed by atoms with Crippen molar-refractivity contribution in [3.8, 4) is 11.5 Å². The lowest BCUT2D eigenvalue weighted by Crippen LogP contribution is -2.14. The van der Waals surface area contributed by atoms with E-state index >= 15 is 0 Å². The number of hydrogen-bond donors (Lipinski definition) is 2. The van der Waals surface area contributed by atoms with E-state index < -0.39 is 0 Å². The topological polar surface area (TPSA) is 85.4 Å². The summed E-state index contributed by atoms with van der Waals surface area (Å²) < 4.78 is 10.7. The van der Waals surface area contributed by atoms with Gasteiger partial charge in [0.2, 0.25) is 12.7 Å². The lowest BCUT2D eigenvalue weighted by atomic mass is 10.2. The maximum absolute atomic E-state index is 12.1. The Kier molecular flexibility index (Phi) is 5.81. The lowest BCUT2D eigenvalue weighted by Gasteiger charge is -2.07. The quantitative estimate of drug-likeness (QED) is 0.574. The first kappa shape index (κ1) is 19.1. The number of fused-ring (bicyclic) bond motifs is 1. The zero-order valence-corrected chi connectivity index (χ0v) is 16.7. The molecule has 0 atom stereocenters. The zero-order chi connectivity index (χ0) is 20.1. The molecule has 2 N–H and O–H groups in total. The molecule has 4 rings (SSSR count). The SMILES string of the molecule is Cc1ccc(NC(=O)CSc2ccc(NCc3ccc4c(c3)OCO4)nn2)cc1. The van der Waals surface area contributed by atoms with Crippen molar-refractivity contribution in [1.29, 1.82) is 0 Å². The van der Waals surface area contributed by atoms with Crippen molar-refractivity contribution in [2.75, 3.05) is 23.2 Å². The van der Waals surface area contributed by atoms with Gasteiger partial charge in [-0.05, 0) is 48.9 Å². The molecule has 29 heavy (non-hydrogen) atoms. The maximum atomic E-state index is 12.1. The van der Waals surface area contributed by atoms with E-state index in [9.17, 15) is 4.79 Å². The van der Waals surface area contributed by atoms with Crippen molar-refractivity contribution in [1.82, 2.24) is 10.2 Å². The number of hydrogen-bond acceptors (Lipinski definition) is 7. The Morgan fingerprint density at radius 2 is 1.86 bits per heavy atom. The van der Waals surface area contributed by atoms with E-state index in [4.69, 9.17) is 9.47 Å². The third-order valence-electron chi connectivity index (χ3n) is 4.24. The molecule has 0 bridgehead atoms. The van der Waals surface area contributed by atoms with Crippen molar-refractivity contribution < 1.29 is 14.3 Å². The average Bonchev–Trinajstić information content (AvgIpc) is 3.21. The van der Waals surface area contributed by atoms with Gasteiger partial charge in [-0.2, -0.15) is 0 Å². The van der Waals surface area contributed by atoms with E-state index in [1.807, 2.05) is 61.5 Å². The molecule has 1 amide bonds. The number of thioether (sulfide) groups is 1. The fourth-order valence-corrected chi connectivity index (χ4v) is 3.32. The first-order chi connectivity index (χ1) is 14.2. The fraction of sp³-hybridized carbons (Fsp3) is 0.190. The molecule has 0 unspecified atom stereocenters. The number of rotatable bonds is 7. The Labute approximate surface area is 172 Å². The standard InChI is InChI=1S/C21H20N4O3S/c1-14-2-5-16(6-3-14)23-20(26)12-29-21-9-8-19(24-25-21)22-11-15-4-7-17-18(10-15)28-13-27-17/h2-10H,11-13H2,1H3,(H,22,24)(H,23,26). The van der Waals surface area contributed by atoms with Gasteiger partial charge in [0.05, 0.1) is 5.75 Å². The first-order valence-corrected chi connectivity index (χ1v) is 10.1. The highest BCUT2D eigenvalue weighted by atomic mass is 32.2. The molecule has 0 saturated carbocycles. The van der Waals surface area contributed by atoms with Crippen LogP contribution in [0.3, 0.4) is 0 Å². The molecule has 1 aromatic heterocycles. The van der Waals surface area contributed by atoms with Gasteiger partial charge in [-0.25, -0.2) is 0 Å². The van der Waals surface area contributed by atoms with Crippen LogP contribution in [0.4, 0.5) is 11.5 Å². The number of nitrogens with zero attached hydrogens (tertiary/aromatic N) is 2. The van der Waals surface area contributed by atoms with Gasteiger partial charge in [0.15, 0.2) is 11.5 Å². The van der Waals surface area contributed by atoms with Gasteiger partial charge in [-0.3, -0.25) is 4.79 Å². The molecule has 0 spiro atoms. The van der Waals surface area contributed by atoms with Crippen molar-refractivity contribution in [3.05, 3.63) is 65.7 Å². The normalized spacial score (nSPS) is 11.9. The molecule has 1 aliphatic heterocycles. The molecule has 1 aliphatic rings. The average molecular weight is 408 g/mol. The van der Waals surface area contributed by atoms with Crippen LogP contribution in [0.25, 0.3) is 0 Å². The highest BCUT2D eigenvalue weighted by Gasteiger charge is 2.13. The van der Waals surface area contributed by atoms with Crippen LogP contribution in [0, 0.1) is 6.92 Å². The Bertz CT molecular complexity index is 994. The van der Waals surface area contributed by atoms with Crippen molar-refractivity contribution in [2.24, 2.45) is 0 Å². The van der Waals surface area contributed by atoms with Crippen molar-refractivity contribution >= 4 is 29.2 Å². The highest BCUT2D eigenvalue weighted by molar-refractivity contribution is 7.99. The third-order valence-corrected chi connectivity index (χ3v) is 5.16. The molecule has 2 heterocycles. The molecule has 0 radical (unpaired) electrons. The minimum absolute atomic E-state index is 0.0781. The Morgan fingerprint density at radius 1 is 1.03 bits per heavy atom. The summed E-state index contributed by atoms with van der Waals surface area (Å²) >= 11 is 1.34.